The third-order valence-corrected chi connectivity index (χ3v) is 3.51. The number of rotatable bonds is 5. The second kappa shape index (κ2) is 8.40. The summed E-state index contributed by atoms with van der Waals surface area (Å²) < 4.78 is 5.58. The molecule has 124 valence electrons. The van der Waals surface area contributed by atoms with Gasteiger partial charge in [-0.2, -0.15) is 5.10 Å². The number of benzene rings is 2. The van der Waals surface area contributed by atoms with E-state index in [9.17, 15) is 4.79 Å². The van der Waals surface area contributed by atoms with Gasteiger partial charge in [-0.3, -0.25) is 4.98 Å². The van der Waals surface area contributed by atoms with Crippen LogP contribution in [0.1, 0.15) is 22.8 Å². The highest BCUT2D eigenvalue weighted by Gasteiger charge is 2.18. The number of nitrogens with one attached hydrogen (secondary N) is 1. The minimum absolute atomic E-state index is 0.501. The zero-order chi connectivity index (χ0) is 17.3. The number of ether oxygens (including phenoxy) is 1. The fourth-order valence-electron chi connectivity index (χ4n) is 2.33. The summed E-state index contributed by atoms with van der Waals surface area (Å²) in [6.07, 6.45) is 3.71. The zero-order valence-electron chi connectivity index (χ0n) is 13.4. The smallest absolute Gasteiger partial charge is 0.428 e. The molecule has 3 aromatic rings. The van der Waals surface area contributed by atoms with Gasteiger partial charge in [0.15, 0.2) is 6.10 Å². The summed E-state index contributed by atoms with van der Waals surface area (Å²) >= 11 is 0. The minimum Gasteiger partial charge on any atom is -0.435 e. The summed E-state index contributed by atoms with van der Waals surface area (Å²) in [4.78, 5) is 16.1. The summed E-state index contributed by atoms with van der Waals surface area (Å²) in [6, 6.07) is 22.7. The molecule has 1 heterocycles. The summed E-state index contributed by atoms with van der Waals surface area (Å²) in [7, 11) is 0. The number of nitrogens with zero attached hydrogens (tertiary/aromatic N) is 2. The molecule has 0 spiro atoms. The van der Waals surface area contributed by atoms with Crippen LogP contribution in [0.2, 0.25) is 0 Å². The molecular formula is C20H17N3O2. The largest absolute Gasteiger partial charge is 0.435 e. The fraction of sp³-hybridized carbons (Fsp3) is 0.0500. The highest BCUT2D eigenvalue weighted by atomic mass is 16.6. The van der Waals surface area contributed by atoms with Crippen LogP contribution in [-0.4, -0.2) is 17.3 Å². The van der Waals surface area contributed by atoms with Crippen LogP contribution < -0.4 is 5.43 Å². The van der Waals surface area contributed by atoms with Gasteiger partial charge >= 0.3 is 6.09 Å². The van der Waals surface area contributed by atoms with Crippen LogP contribution in [0.5, 0.6) is 0 Å². The van der Waals surface area contributed by atoms with Gasteiger partial charge in [0.1, 0.15) is 0 Å². The van der Waals surface area contributed by atoms with Gasteiger partial charge < -0.3 is 4.74 Å². The summed E-state index contributed by atoms with van der Waals surface area (Å²) in [6.45, 7) is 0. The van der Waals surface area contributed by atoms with Crippen molar-refractivity contribution in [3.05, 3.63) is 102 Å². The van der Waals surface area contributed by atoms with E-state index in [0.717, 1.165) is 16.7 Å². The van der Waals surface area contributed by atoms with Crippen molar-refractivity contribution < 1.29 is 9.53 Å². The Morgan fingerprint density at radius 1 is 0.920 bits per heavy atom. The van der Waals surface area contributed by atoms with Crippen molar-refractivity contribution in [1.29, 1.82) is 0 Å². The van der Waals surface area contributed by atoms with Crippen molar-refractivity contribution in [2.75, 3.05) is 0 Å². The van der Waals surface area contributed by atoms with Crippen molar-refractivity contribution in [1.82, 2.24) is 10.4 Å². The van der Waals surface area contributed by atoms with Gasteiger partial charge in [-0.25, -0.2) is 10.2 Å². The first-order chi connectivity index (χ1) is 12.3. The van der Waals surface area contributed by atoms with Crippen molar-refractivity contribution in [3.63, 3.8) is 0 Å². The Balaban J connectivity index is 1.70. The number of aromatic nitrogens is 1. The Kier molecular flexibility index (Phi) is 5.51. The predicted molar refractivity (Wildman–Crippen MR) is 96.2 cm³/mol. The molecule has 2 aromatic carbocycles. The molecule has 0 fully saturated rings. The molecule has 5 heteroatoms. The molecule has 0 unspecified atom stereocenters. The molecule has 1 amide bonds. The average molecular weight is 331 g/mol. The van der Waals surface area contributed by atoms with Crippen LogP contribution in [0.25, 0.3) is 0 Å². The molecule has 0 radical (unpaired) electrons. The van der Waals surface area contributed by atoms with Crippen LogP contribution >= 0.6 is 0 Å². The van der Waals surface area contributed by atoms with Gasteiger partial charge in [0.25, 0.3) is 0 Å². The van der Waals surface area contributed by atoms with Gasteiger partial charge in [-0.1, -0.05) is 60.7 Å². The first kappa shape index (κ1) is 16.4. The van der Waals surface area contributed by atoms with E-state index in [1.807, 2.05) is 60.7 Å². The lowest BCUT2D eigenvalue weighted by Gasteiger charge is -2.18. The molecule has 25 heavy (non-hydrogen) atoms. The van der Waals surface area contributed by atoms with Gasteiger partial charge in [-0.05, 0) is 28.8 Å². The predicted octanol–water partition coefficient (Wildman–Crippen LogP) is 3.93. The maximum atomic E-state index is 12.1. The van der Waals surface area contributed by atoms with E-state index in [2.05, 4.69) is 15.5 Å². The molecule has 0 atom stereocenters. The van der Waals surface area contributed by atoms with Gasteiger partial charge in [-0.15, -0.1) is 0 Å². The maximum Gasteiger partial charge on any atom is 0.428 e. The molecule has 1 N–H and O–H groups in total. The average Bonchev–Trinajstić information content (AvgIpc) is 2.68. The fourth-order valence-corrected chi connectivity index (χ4v) is 2.33. The monoisotopic (exact) mass is 331 g/mol. The quantitative estimate of drug-likeness (QED) is 0.569. The lowest BCUT2D eigenvalue weighted by Crippen LogP contribution is -2.22. The Bertz CT molecular complexity index is 782. The zero-order valence-corrected chi connectivity index (χ0v) is 13.4. The second-order valence-corrected chi connectivity index (χ2v) is 5.26. The lowest BCUT2D eigenvalue weighted by molar-refractivity contribution is 0.117. The molecule has 5 nitrogen and oxygen atoms in total. The number of pyridine rings is 1. The number of hydrazone groups is 1. The van der Waals surface area contributed by atoms with Gasteiger partial charge in [0, 0.05) is 12.4 Å². The number of hydrogen-bond acceptors (Lipinski definition) is 4. The first-order valence-corrected chi connectivity index (χ1v) is 7.82. The summed E-state index contributed by atoms with van der Waals surface area (Å²) in [5.74, 6) is 0. The van der Waals surface area contributed by atoms with Crippen molar-refractivity contribution in [2.24, 2.45) is 5.10 Å². The molecule has 0 bridgehead atoms. The molecule has 3 rings (SSSR count). The number of amides is 1. The Hall–Kier alpha value is -3.47. The van der Waals surface area contributed by atoms with Gasteiger partial charge in [0.2, 0.25) is 0 Å². The topological polar surface area (TPSA) is 63.6 Å². The Morgan fingerprint density at radius 2 is 1.48 bits per heavy atom. The molecule has 0 aliphatic rings. The standard InChI is InChI=1S/C20H17N3O2/c24-20(23-22-15-16-11-13-21-14-12-16)25-19(17-7-3-1-4-8-17)18-9-5-2-6-10-18/h1-15,19H,(H,23,24). The van der Waals surface area contributed by atoms with E-state index in [1.165, 1.54) is 6.21 Å². The van der Waals surface area contributed by atoms with Crippen LogP contribution in [0, 0.1) is 0 Å². The van der Waals surface area contributed by atoms with E-state index in [0.29, 0.717) is 0 Å². The molecule has 0 aliphatic carbocycles. The lowest BCUT2D eigenvalue weighted by atomic mass is 10.0. The van der Waals surface area contributed by atoms with Crippen LogP contribution in [0.3, 0.4) is 0 Å². The van der Waals surface area contributed by atoms with Crippen molar-refractivity contribution in [2.45, 2.75) is 6.10 Å². The van der Waals surface area contributed by atoms with E-state index >= 15 is 0 Å². The van der Waals surface area contributed by atoms with E-state index in [4.69, 9.17) is 4.74 Å². The number of hydrogen-bond donors (Lipinski definition) is 1. The summed E-state index contributed by atoms with van der Waals surface area (Å²) in [5, 5.41) is 3.90. The third-order valence-electron chi connectivity index (χ3n) is 3.51. The van der Waals surface area contributed by atoms with Crippen molar-refractivity contribution >= 4 is 12.3 Å². The molecule has 0 aliphatic heterocycles. The molecular weight excluding hydrogens is 314 g/mol. The van der Waals surface area contributed by atoms with E-state index < -0.39 is 12.2 Å². The summed E-state index contributed by atoms with van der Waals surface area (Å²) in [5.41, 5.74) is 5.00. The minimum atomic E-state index is -0.622. The normalized spacial score (nSPS) is 10.8. The maximum absolute atomic E-state index is 12.1. The molecule has 1 aromatic heterocycles. The van der Waals surface area contributed by atoms with Crippen LogP contribution in [-0.2, 0) is 4.74 Å². The van der Waals surface area contributed by atoms with Crippen LogP contribution in [0.15, 0.2) is 90.3 Å². The number of carbonyl (C=O) groups excluding carboxylic acids is 1. The highest BCUT2D eigenvalue weighted by Crippen LogP contribution is 2.25. The second-order valence-electron chi connectivity index (χ2n) is 5.26. The van der Waals surface area contributed by atoms with E-state index in [-0.39, 0.29) is 0 Å². The van der Waals surface area contributed by atoms with Gasteiger partial charge in [0.05, 0.1) is 6.21 Å². The molecule has 0 saturated carbocycles. The van der Waals surface area contributed by atoms with Crippen molar-refractivity contribution in [3.8, 4) is 0 Å². The third kappa shape index (κ3) is 4.75. The highest BCUT2D eigenvalue weighted by molar-refractivity contribution is 5.80. The molecule has 0 saturated heterocycles. The first-order valence-electron chi connectivity index (χ1n) is 7.82. The Morgan fingerprint density at radius 3 is 2.04 bits per heavy atom. The number of carbonyl (C=O) groups is 1. The SMILES string of the molecule is O=C(NN=Cc1ccncc1)OC(c1ccccc1)c1ccccc1. The Labute approximate surface area is 146 Å². The van der Waals surface area contributed by atoms with E-state index in [1.54, 1.807) is 24.5 Å². The van der Waals surface area contributed by atoms with Crippen LogP contribution in [0.4, 0.5) is 4.79 Å².